The van der Waals surface area contributed by atoms with Crippen molar-refractivity contribution >= 4 is 23.4 Å². The van der Waals surface area contributed by atoms with Crippen LogP contribution in [0.15, 0.2) is 24.4 Å². The lowest BCUT2D eigenvalue weighted by atomic mass is 9.93. The van der Waals surface area contributed by atoms with Gasteiger partial charge in [0.2, 0.25) is 11.8 Å². The predicted molar refractivity (Wildman–Crippen MR) is 113 cm³/mol. The molecule has 0 radical (unpaired) electrons. The fourth-order valence-electron chi connectivity index (χ4n) is 5.05. The van der Waals surface area contributed by atoms with E-state index in [1.807, 2.05) is 12.1 Å². The maximum atomic E-state index is 12.9. The van der Waals surface area contributed by atoms with Crippen LogP contribution in [0.5, 0.6) is 0 Å². The van der Waals surface area contributed by atoms with Gasteiger partial charge in [0, 0.05) is 37.5 Å². The second kappa shape index (κ2) is 7.81. The number of aromatic nitrogens is 2. The molecule has 2 saturated heterocycles. The summed E-state index contributed by atoms with van der Waals surface area (Å²) in [5.74, 6) is -0.446. The van der Waals surface area contributed by atoms with Gasteiger partial charge in [0.15, 0.2) is 0 Å². The fourth-order valence-corrected chi connectivity index (χ4v) is 5.05. The number of hydrogen-bond donors (Lipinski definition) is 3. The Balaban J connectivity index is 1.28. The number of hydrogen-bond acceptors (Lipinski definition) is 6. The average Bonchev–Trinajstić information content (AvgIpc) is 3.31. The van der Waals surface area contributed by atoms with Crippen LogP contribution >= 0.6 is 0 Å². The van der Waals surface area contributed by atoms with Gasteiger partial charge in [0.1, 0.15) is 6.04 Å². The van der Waals surface area contributed by atoms with Gasteiger partial charge in [-0.3, -0.25) is 29.7 Å². The molecule has 31 heavy (non-hydrogen) atoms. The van der Waals surface area contributed by atoms with Crippen LogP contribution in [0.4, 0.5) is 5.69 Å². The first-order chi connectivity index (χ1) is 15.0. The topological polar surface area (TPSA) is 124 Å². The number of aromatic amines is 1. The SMILES string of the molecule is Nc1cn[nH]c1C1CCCN(Cc2ccc3c(c2)CN(C2CCC(=O)NC2=O)C3=O)C1. The summed E-state index contributed by atoms with van der Waals surface area (Å²) in [4.78, 5) is 40.5. The number of amides is 3. The molecule has 2 atom stereocenters. The summed E-state index contributed by atoms with van der Waals surface area (Å²) in [5, 5.41) is 9.44. The largest absolute Gasteiger partial charge is 0.396 e. The van der Waals surface area contributed by atoms with Crippen molar-refractivity contribution in [3.8, 4) is 0 Å². The molecular formula is C22H26N6O3. The van der Waals surface area contributed by atoms with E-state index in [1.54, 1.807) is 11.1 Å². The van der Waals surface area contributed by atoms with Gasteiger partial charge in [0.05, 0.1) is 17.6 Å². The number of carbonyl (C=O) groups excluding carboxylic acids is 3. The molecular weight excluding hydrogens is 396 g/mol. The quantitative estimate of drug-likeness (QED) is 0.635. The van der Waals surface area contributed by atoms with Crippen molar-refractivity contribution in [3.63, 3.8) is 0 Å². The number of benzene rings is 1. The Morgan fingerprint density at radius 2 is 2.06 bits per heavy atom. The minimum Gasteiger partial charge on any atom is -0.396 e. The Kier molecular flexibility index (Phi) is 4.97. The first kappa shape index (κ1) is 19.7. The summed E-state index contributed by atoms with van der Waals surface area (Å²) in [6.07, 6.45) is 4.49. The summed E-state index contributed by atoms with van der Waals surface area (Å²) in [7, 11) is 0. The van der Waals surface area contributed by atoms with E-state index in [4.69, 9.17) is 5.73 Å². The van der Waals surface area contributed by atoms with E-state index < -0.39 is 6.04 Å². The summed E-state index contributed by atoms with van der Waals surface area (Å²) in [6, 6.07) is 5.36. The number of nitrogens with two attached hydrogens (primary N) is 1. The standard InChI is InChI=1S/C22H26N6O3/c23-17-9-24-26-20(17)14-2-1-7-27(11-14)10-13-3-4-16-15(8-13)12-28(22(16)31)18-5-6-19(29)25-21(18)30/h3-4,8-9,14,18H,1-2,5-7,10-12,23H2,(H,24,26)(H,25,29,30). The van der Waals surface area contributed by atoms with Crippen molar-refractivity contribution in [2.75, 3.05) is 18.8 Å². The first-order valence-electron chi connectivity index (χ1n) is 10.8. The van der Waals surface area contributed by atoms with Gasteiger partial charge in [0.25, 0.3) is 5.91 Å². The van der Waals surface area contributed by atoms with Crippen molar-refractivity contribution < 1.29 is 14.4 Å². The first-order valence-corrected chi connectivity index (χ1v) is 10.8. The van der Waals surface area contributed by atoms with Gasteiger partial charge >= 0.3 is 0 Å². The minimum atomic E-state index is -0.580. The van der Waals surface area contributed by atoms with E-state index in [-0.39, 0.29) is 24.1 Å². The molecule has 9 nitrogen and oxygen atoms in total. The maximum Gasteiger partial charge on any atom is 0.255 e. The van der Waals surface area contributed by atoms with Crippen LogP contribution in [-0.2, 0) is 22.7 Å². The van der Waals surface area contributed by atoms with Crippen LogP contribution < -0.4 is 11.1 Å². The molecule has 0 spiro atoms. The number of piperidine rings is 2. The zero-order valence-electron chi connectivity index (χ0n) is 17.3. The second-order valence-corrected chi connectivity index (χ2v) is 8.70. The molecule has 5 rings (SSSR count). The fraction of sp³-hybridized carbons (Fsp3) is 0.455. The van der Waals surface area contributed by atoms with E-state index in [2.05, 4.69) is 26.5 Å². The van der Waals surface area contributed by atoms with E-state index >= 15 is 0 Å². The Morgan fingerprint density at radius 1 is 1.19 bits per heavy atom. The molecule has 2 unspecified atom stereocenters. The summed E-state index contributed by atoms with van der Waals surface area (Å²) in [6.45, 7) is 3.12. The molecule has 9 heteroatoms. The van der Waals surface area contributed by atoms with Crippen molar-refractivity contribution in [1.29, 1.82) is 0 Å². The molecule has 4 N–H and O–H groups in total. The van der Waals surface area contributed by atoms with Crippen LogP contribution in [0.3, 0.4) is 0 Å². The predicted octanol–water partition coefficient (Wildman–Crippen LogP) is 1.13. The minimum absolute atomic E-state index is 0.135. The van der Waals surface area contributed by atoms with Crippen LogP contribution in [0.25, 0.3) is 0 Å². The Morgan fingerprint density at radius 3 is 2.84 bits per heavy atom. The molecule has 4 heterocycles. The Bertz CT molecular complexity index is 1050. The molecule has 3 amide bonds. The molecule has 0 saturated carbocycles. The normalized spacial score (nSPS) is 24.4. The van der Waals surface area contributed by atoms with E-state index in [0.29, 0.717) is 24.4 Å². The highest BCUT2D eigenvalue weighted by atomic mass is 16.2. The number of H-pyrrole nitrogens is 1. The number of rotatable bonds is 4. The third-order valence-electron chi connectivity index (χ3n) is 6.61. The molecule has 1 aromatic carbocycles. The number of likely N-dealkylation sites (tertiary alicyclic amines) is 1. The van der Waals surface area contributed by atoms with Crippen LogP contribution in [-0.4, -0.2) is 56.9 Å². The lowest BCUT2D eigenvalue weighted by molar-refractivity contribution is -0.136. The number of nitrogens with zero attached hydrogens (tertiary/aromatic N) is 3. The molecule has 0 aliphatic carbocycles. The van der Waals surface area contributed by atoms with Crippen LogP contribution in [0.1, 0.15) is 58.8 Å². The molecule has 2 fully saturated rings. The van der Waals surface area contributed by atoms with Gasteiger partial charge < -0.3 is 10.6 Å². The second-order valence-electron chi connectivity index (χ2n) is 8.70. The van der Waals surface area contributed by atoms with Crippen LogP contribution in [0.2, 0.25) is 0 Å². The molecule has 2 aromatic rings. The van der Waals surface area contributed by atoms with Crippen LogP contribution in [0, 0.1) is 0 Å². The van der Waals surface area contributed by atoms with E-state index in [1.165, 1.54) is 0 Å². The number of carbonyl (C=O) groups is 3. The summed E-state index contributed by atoms with van der Waals surface area (Å²) < 4.78 is 0. The third kappa shape index (κ3) is 3.69. The lowest BCUT2D eigenvalue weighted by Crippen LogP contribution is -2.52. The zero-order chi connectivity index (χ0) is 21.5. The highest BCUT2D eigenvalue weighted by Gasteiger charge is 2.39. The van der Waals surface area contributed by atoms with Gasteiger partial charge in [-0.25, -0.2) is 0 Å². The van der Waals surface area contributed by atoms with E-state index in [9.17, 15) is 14.4 Å². The van der Waals surface area contributed by atoms with Gasteiger partial charge in [-0.05, 0) is 43.0 Å². The van der Waals surface area contributed by atoms with Gasteiger partial charge in [-0.2, -0.15) is 5.10 Å². The number of anilines is 1. The highest BCUT2D eigenvalue weighted by molar-refractivity contribution is 6.05. The molecule has 3 aliphatic rings. The number of imide groups is 1. The monoisotopic (exact) mass is 422 g/mol. The van der Waals surface area contributed by atoms with Crippen molar-refractivity contribution in [2.24, 2.45) is 0 Å². The van der Waals surface area contributed by atoms with Crippen molar-refractivity contribution in [3.05, 3.63) is 46.8 Å². The van der Waals surface area contributed by atoms with Gasteiger partial charge in [-0.1, -0.05) is 12.1 Å². The van der Waals surface area contributed by atoms with Crippen molar-refractivity contribution in [1.82, 2.24) is 25.3 Å². The Hall–Kier alpha value is -3.20. The lowest BCUT2D eigenvalue weighted by Gasteiger charge is -2.32. The Labute approximate surface area is 180 Å². The highest BCUT2D eigenvalue weighted by Crippen LogP contribution is 2.31. The smallest absolute Gasteiger partial charge is 0.255 e. The third-order valence-corrected chi connectivity index (χ3v) is 6.61. The molecule has 1 aromatic heterocycles. The summed E-state index contributed by atoms with van der Waals surface area (Å²) in [5.41, 5.74) is 10.5. The number of nitrogens with one attached hydrogen (secondary N) is 2. The average molecular weight is 422 g/mol. The number of nitrogen functional groups attached to an aromatic ring is 1. The zero-order valence-corrected chi connectivity index (χ0v) is 17.3. The number of fused-ring (bicyclic) bond motifs is 1. The maximum absolute atomic E-state index is 12.9. The molecule has 0 bridgehead atoms. The van der Waals surface area contributed by atoms with E-state index in [0.717, 1.165) is 55.0 Å². The summed E-state index contributed by atoms with van der Waals surface area (Å²) >= 11 is 0. The van der Waals surface area contributed by atoms with Gasteiger partial charge in [-0.15, -0.1) is 0 Å². The molecule has 162 valence electrons. The van der Waals surface area contributed by atoms with Crippen molar-refractivity contribution in [2.45, 2.75) is 50.7 Å². The molecule has 3 aliphatic heterocycles.